The summed E-state index contributed by atoms with van der Waals surface area (Å²) in [5.74, 6) is 1.62. The highest BCUT2D eigenvalue weighted by molar-refractivity contribution is 5.94. The van der Waals surface area contributed by atoms with Crippen molar-refractivity contribution < 1.29 is 14.3 Å². The lowest BCUT2D eigenvalue weighted by atomic mass is 10.1. The van der Waals surface area contributed by atoms with Crippen LogP contribution in [0.4, 0.5) is 0 Å². The Hall–Kier alpha value is -3.05. The number of amides is 1. The molecular weight excluding hydrogens is 376 g/mol. The average molecular weight is 405 g/mol. The molecule has 0 atom stereocenters. The van der Waals surface area contributed by atoms with Crippen molar-refractivity contribution in [1.82, 2.24) is 9.80 Å². The minimum Gasteiger partial charge on any atom is -0.496 e. The highest BCUT2D eigenvalue weighted by Gasteiger charge is 2.22. The number of fused-ring (bicyclic) bond motifs is 1. The van der Waals surface area contributed by atoms with Crippen molar-refractivity contribution in [3.63, 3.8) is 0 Å². The van der Waals surface area contributed by atoms with Crippen LogP contribution >= 0.6 is 0 Å². The van der Waals surface area contributed by atoms with Crippen molar-refractivity contribution in [2.24, 2.45) is 0 Å². The Bertz CT molecular complexity index is 1020. The first kappa shape index (κ1) is 20.2. The molecule has 0 unspecified atom stereocenters. The van der Waals surface area contributed by atoms with Gasteiger partial charge in [0, 0.05) is 42.7 Å². The summed E-state index contributed by atoms with van der Waals surface area (Å²) in [6.07, 6.45) is 0. The number of hydrogen-bond donors (Lipinski definition) is 0. The van der Waals surface area contributed by atoms with Crippen LogP contribution in [0.3, 0.4) is 0 Å². The fourth-order valence-corrected chi connectivity index (χ4v) is 3.95. The van der Waals surface area contributed by atoms with Gasteiger partial charge in [-0.2, -0.15) is 0 Å². The molecule has 3 aromatic rings. The molecule has 0 spiro atoms. The standard InChI is InChI=1S/C25H28N2O3/c1-3-26-13-15-27(16-14-26)25(28)20-11-12-23(29-2)21(17-20)18-30-24-10-6-8-19-7-4-5-9-22(19)24/h4-12,17H,3,13-16,18H2,1-2H3. The van der Waals surface area contributed by atoms with Crippen LogP contribution in [-0.2, 0) is 6.61 Å². The van der Waals surface area contributed by atoms with Gasteiger partial charge in [-0.15, -0.1) is 0 Å². The molecule has 0 N–H and O–H groups in total. The van der Waals surface area contributed by atoms with Gasteiger partial charge in [0.25, 0.3) is 5.91 Å². The van der Waals surface area contributed by atoms with Crippen LogP contribution in [0.15, 0.2) is 60.7 Å². The first-order valence-corrected chi connectivity index (χ1v) is 10.5. The summed E-state index contributed by atoms with van der Waals surface area (Å²) in [5.41, 5.74) is 1.54. The maximum Gasteiger partial charge on any atom is 0.253 e. The molecule has 1 fully saturated rings. The highest BCUT2D eigenvalue weighted by atomic mass is 16.5. The van der Waals surface area contributed by atoms with Gasteiger partial charge in [-0.3, -0.25) is 4.79 Å². The molecule has 156 valence electrons. The normalized spacial score (nSPS) is 14.7. The van der Waals surface area contributed by atoms with E-state index in [-0.39, 0.29) is 5.91 Å². The predicted octanol–water partition coefficient (Wildman–Crippen LogP) is 4.21. The van der Waals surface area contributed by atoms with Crippen LogP contribution in [-0.4, -0.2) is 55.5 Å². The number of benzene rings is 3. The number of carbonyl (C=O) groups excluding carboxylic acids is 1. The minimum absolute atomic E-state index is 0.0693. The van der Waals surface area contributed by atoms with Crippen LogP contribution in [0.1, 0.15) is 22.8 Å². The van der Waals surface area contributed by atoms with E-state index in [0.29, 0.717) is 12.2 Å². The van der Waals surface area contributed by atoms with E-state index < -0.39 is 0 Å². The van der Waals surface area contributed by atoms with Crippen molar-refractivity contribution in [2.75, 3.05) is 39.8 Å². The fourth-order valence-electron chi connectivity index (χ4n) is 3.95. The zero-order valence-corrected chi connectivity index (χ0v) is 17.6. The van der Waals surface area contributed by atoms with Gasteiger partial charge < -0.3 is 19.3 Å². The number of carbonyl (C=O) groups is 1. The molecule has 1 amide bonds. The summed E-state index contributed by atoms with van der Waals surface area (Å²) in [4.78, 5) is 17.3. The first-order valence-electron chi connectivity index (χ1n) is 10.5. The highest BCUT2D eigenvalue weighted by Crippen LogP contribution is 2.28. The van der Waals surface area contributed by atoms with Crippen molar-refractivity contribution in [3.05, 3.63) is 71.8 Å². The zero-order valence-electron chi connectivity index (χ0n) is 17.6. The molecule has 4 rings (SSSR count). The molecule has 5 heteroatoms. The molecule has 3 aromatic carbocycles. The van der Waals surface area contributed by atoms with Gasteiger partial charge >= 0.3 is 0 Å². The molecule has 1 saturated heterocycles. The smallest absolute Gasteiger partial charge is 0.253 e. The van der Waals surface area contributed by atoms with E-state index in [0.717, 1.165) is 60.6 Å². The Labute approximate surface area is 177 Å². The van der Waals surface area contributed by atoms with Crippen LogP contribution in [0.2, 0.25) is 0 Å². The lowest BCUT2D eigenvalue weighted by molar-refractivity contribution is 0.0643. The largest absolute Gasteiger partial charge is 0.496 e. The lowest BCUT2D eigenvalue weighted by Gasteiger charge is -2.34. The number of methoxy groups -OCH3 is 1. The second-order valence-corrected chi connectivity index (χ2v) is 7.52. The van der Waals surface area contributed by atoms with Gasteiger partial charge in [0.2, 0.25) is 0 Å². The molecule has 0 aromatic heterocycles. The van der Waals surface area contributed by atoms with Gasteiger partial charge in [0.15, 0.2) is 0 Å². The van der Waals surface area contributed by atoms with Crippen LogP contribution in [0, 0.1) is 0 Å². The third-order valence-corrected chi connectivity index (χ3v) is 5.77. The molecule has 5 nitrogen and oxygen atoms in total. The van der Waals surface area contributed by atoms with E-state index in [2.05, 4.69) is 30.0 Å². The maximum atomic E-state index is 13.0. The lowest BCUT2D eigenvalue weighted by Crippen LogP contribution is -2.48. The number of piperazine rings is 1. The maximum absolute atomic E-state index is 13.0. The molecule has 0 bridgehead atoms. The summed E-state index contributed by atoms with van der Waals surface area (Å²) < 4.78 is 11.7. The molecule has 0 radical (unpaired) electrons. The van der Waals surface area contributed by atoms with E-state index in [9.17, 15) is 4.79 Å². The average Bonchev–Trinajstić information content (AvgIpc) is 2.82. The first-order chi connectivity index (χ1) is 14.7. The van der Waals surface area contributed by atoms with E-state index in [4.69, 9.17) is 9.47 Å². The summed E-state index contributed by atoms with van der Waals surface area (Å²) in [6, 6.07) is 19.8. The molecule has 0 saturated carbocycles. The topological polar surface area (TPSA) is 42.0 Å². The van der Waals surface area contributed by atoms with Gasteiger partial charge in [-0.25, -0.2) is 0 Å². The summed E-state index contributed by atoms with van der Waals surface area (Å²) >= 11 is 0. The molecule has 1 heterocycles. The minimum atomic E-state index is 0.0693. The molecular formula is C25H28N2O3. The third kappa shape index (κ3) is 4.26. The molecule has 30 heavy (non-hydrogen) atoms. The second-order valence-electron chi connectivity index (χ2n) is 7.52. The quantitative estimate of drug-likeness (QED) is 0.617. The van der Waals surface area contributed by atoms with Crippen LogP contribution in [0.25, 0.3) is 10.8 Å². The van der Waals surface area contributed by atoms with E-state index in [1.807, 2.05) is 47.4 Å². The zero-order chi connectivity index (χ0) is 20.9. The van der Waals surface area contributed by atoms with E-state index in [1.54, 1.807) is 7.11 Å². The molecule has 0 aliphatic carbocycles. The number of ether oxygens (including phenoxy) is 2. The summed E-state index contributed by atoms with van der Waals surface area (Å²) in [7, 11) is 1.64. The number of nitrogens with zero attached hydrogens (tertiary/aromatic N) is 2. The van der Waals surface area contributed by atoms with E-state index in [1.165, 1.54) is 0 Å². The van der Waals surface area contributed by atoms with Gasteiger partial charge in [-0.1, -0.05) is 43.3 Å². The van der Waals surface area contributed by atoms with Crippen molar-refractivity contribution >= 4 is 16.7 Å². The Morgan fingerprint density at radius 2 is 1.70 bits per heavy atom. The van der Waals surface area contributed by atoms with Gasteiger partial charge in [0.05, 0.1) is 7.11 Å². The van der Waals surface area contributed by atoms with Crippen molar-refractivity contribution in [2.45, 2.75) is 13.5 Å². The number of rotatable bonds is 6. The Kier molecular flexibility index (Phi) is 6.19. The summed E-state index contributed by atoms with van der Waals surface area (Å²) in [6.45, 7) is 6.90. The SMILES string of the molecule is CCN1CCN(C(=O)c2ccc(OC)c(COc3cccc4ccccc34)c2)CC1. The van der Waals surface area contributed by atoms with Crippen molar-refractivity contribution in [1.29, 1.82) is 0 Å². The number of hydrogen-bond acceptors (Lipinski definition) is 4. The Balaban J connectivity index is 1.52. The van der Waals surface area contributed by atoms with Crippen molar-refractivity contribution in [3.8, 4) is 11.5 Å². The predicted molar refractivity (Wildman–Crippen MR) is 119 cm³/mol. The van der Waals surface area contributed by atoms with Gasteiger partial charge in [0.1, 0.15) is 18.1 Å². The number of likely N-dealkylation sites (N-methyl/N-ethyl adjacent to an activating group) is 1. The fraction of sp³-hybridized carbons (Fsp3) is 0.320. The molecule has 1 aliphatic rings. The Morgan fingerprint density at radius 1 is 0.933 bits per heavy atom. The Morgan fingerprint density at radius 3 is 2.47 bits per heavy atom. The monoisotopic (exact) mass is 404 g/mol. The van der Waals surface area contributed by atoms with E-state index >= 15 is 0 Å². The van der Waals surface area contributed by atoms with Crippen LogP contribution in [0.5, 0.6) is 11.5 Å². The second kappa shape index (κ2) is 9.18. The van der Waals surface area contributed by atoms with Gasteiger partial charge in [-0.05, 0) is 36.2 Å². The summed E-state index contributed by atoms with van der Waals surface area (Å²) in [5, 5.41) is 2.21. The molecule has 1 aliphatic heterocycles. The van der Waals surface area contributed by atoms with Crippen LogP contribution < -0.4 is 9.47 Å². The third-order valence-electron chi connectivity index (χ3n) is 5.77.